The molecule has 1 aliphatic heterocycles. The Morgan fingerprint density at radius 2 is 2.10 bits per heavy atom. The van der Waals surface area contributed by atoms with Gasteiger partial charge in [-0.1, -0.05) is 0 Å². The van der Waals surface area contributed by atoms with Gasteiger partial charge in [-0.2, -0.15) is 0 Å². The Kier molecular flexibility index (Phi) is 2.75. The third-order valence-corrected chi connectivity index (χ3v) is 2.05. The van der Waals surface area contributed by atoms with Crippen molar-refractivity contribution >= 4 is 0 Å². The Morgan fingerprint density at radius 1 is 1.50 bits per heavy atom. The molecule has 0 radical (unpaired) electrons. The van der Waals surface area contributed by atoms with E-state index in [-0.39, 0.29) is 0 Å². The molecule has 0 atom stereocenters. The average Bonchev–Trinajstić information content (AvgIpc) is 2.05. The van der Waals surface area contributed by atoms with E-state index in [0.29, 0.717) is 11.7 Å². The fourth-order valence-corrected chi connectivity index (χ4v) is 1.35. The minimum Gasteiger partial charge on any atom is -0.512 e. The van der Waals surface area contributed by atoms with Crippen molar-refractivity contribution in [3.05, 3.63) is 11.8 Å². The van der Waals surface area contributed by atoms with E-state index in [1.807, 2.05) is 6.92 Å². The smallest absolute Gasteiger partial charge is 0.0911 e. The molecule has 0 saturated carbocycles. The van der Waals surface area contributed by atoms with E-state index in [1.54, 1.807) is 6.08 Å². The zero-order valence-corrected chi connectivity index (χ0v) is 6.43. The molecule has 0 aromatic rings. The van der Waals surface area contributed by atoms with E-state index in [0.717, 1.165) is 25.9 Å². The molecular formula is C8H15NO. The SMILES string of the molecule is CC=C(O)C1CCNCC1. The third kappa shape index (κ3) is 1.74. The number of hydrogen-bond acceptors (Lipinski definition) is 2. The van der Waals surface area contributed by atoms with Crippen LogP contribution in [0.15, 0.2) is 11.8 Å². The van der Waals surface area contributed by atoms with Crippen LogP contribution in [0.1, 0.15) is 19.8 Å². The predicted octanol–water partition coefficient (Wildman–Crippen LogP) is 1.45. The van der Waals surface area contributed by atoms with E-state index < -0.39 is 0 Å². The Hall–Kier alpha value is -0.500. The van der Waals surface area contributed by atoms with Gasteiger partial charge in [0.05, 0.1) is 5.76 Å². The molecule has 1 saturated heterocycles. The van der Waals surface area contributed by atoms with Crippen LogP contribution in [0.3, 0.4) is 0 Å². The summed E-state index contributed by atoms with van der Waals surface area (Å²) in [5.74, 6) is 0.993. The molecule has 0 aromatic carbocycles. The summed E-state index contributed by atoms with van der Waals surface area (Å²) in [7, 11) is 0. The summed E-state index contributed by atoms with van der Waals surface area (Å²) in [4.78, 5) is 0. The van der Waals surface area contributed by atoms with Crippen LogP contribution in [0, 0.1) is 5.92 Å². The van der Waals surface area contributed by atoms with Crippen LogP contribution in [0.5, 0.6) is 0 Å². The highest BCUT2D eigenvalue weighted by Gasteiger charge is 2.15. The molecule has 2 N–H and O–H groups in total. The van der Waals surface area contributed by atoms with E-state index in [2.05, 4.69) is 5.32 Å². The summed E-state index contributed by atoms with van der Waals surface area (Å²) in [5.41, 5.74) is 0. The lowest BCUT2D eigenvalue weighted by molar-refractivity contribution is 0.283. The molecule has 58 valence electrons. The van der Waals surface area contributed by atoms with Crippen molar-refractivity contribution in [3.8, 4) is 0 Å². The largest absolute Gasteiger partial charge is 0.512 e. The van der Waals surface area contributed by atoms with Gasteiger partial charge in [0.2, 0.25) is 0 Å². The number of aliphatic hydroxyl groups is 1. The van der Waals surface area contributed by atoms with Crippen LogP contribution in [0.2, 0.25) is 0 Å². The topological polar surface area (TPSA) is 32.3 Å². The van der Waals surface area contributed by atoms with Crippen LogP contribution in [-0.4, -0.2) is 18.2 Å². The molecule has 2 heteroatoms. The first-order valence-electron chi connectivity index (χ1n) is 3.90. The van der Waals surface area contributed by atoms with Crippen LogP contribution in [-0.2, 0) is 0 Å². The quantitative estimate of drug-likeness (QED) is 0.542. The highest BCUT2D eigenvalue weighted by Crippen LogP contribution is 2.18. The second-order valence-electron chi connectivity index (χ2n) is 2.74. The van der Waals surface area contributed by atoms with Crippen molar-refractivity contribution in [2.24, 2.45) is 5.92 Å². The zero-order valence-electron chi connectivity index (χ0n) is 6.43. The second kappa shape index (κ2) is 3.62. The van der Waals surface area contributed by atoms with Gasteiger partial charge < -0.3 is 10.4 Å². The van der Waals surface area contributed by atoms with Crippen molar-refractivity contribution < 1.29 is 5.11 Å². The monoisotopic (exact) mass is 141 g/mol. The number of aliphatic hydroxyl groups excluding tert-OH is 1. The summed E-state index contributed by atoms with van der Waals surface area (Å²) in [6.45, 7) is 3.97. The van der Waals surface area contributed by atoms with Gasteiger partial charge in [0.15, 0.2) is 0 Å². The molecule has 0 amide bonds. The van der Waals surface area contributed by atoms with Crippen LogP contribution >= 0.6 is 0 Å². The number of piperidine rings is 1. The molecular weight excluding hydrogens is 126 g/mol. The lowest BCUT2D eigenvalue weighted by Gasteiger charge is -2.21. The van der Waals surface area contributed by atoms with Crippen LogP contribution in [0.4, 0.5) is 0 Å². The van der Waals surface area contributed by atoms with Crippen LogP contribution < -0.4 is 5.32 Å². The summed E-state index contributed by atoms with van der Waals surface area (Å²) < 4.78 is 0. The summed E-state index contributed by atoms with van der Waals surface area (Å²) in [6, 6.07) is 0. The van der Waals surface area contributed by atoms with Crippen molar-refractivity contribution in [1.29, 1.82) is 0 Å². The van der Waals surface area contributed by atoms with Gasteiger partial charge >= 0.3 is 0 Å². The molecule has 1 rings (SSSR count). The molecule has 0 unspecified atom stereocenters. The minimum absolute atomic E-state index is 0.422. The normalized spacial score (nSPS) is 23.1. The number of hydrogen-bond donors (Lipinski definition) is 2. The average molecular weight is 141 g/mol. The molecule has 1 aliphatic rings. The first-order valence-corrected chi connectivity index (χ1v) is 3.90. The molecule has 1 heterocycles. The van der Waals surface area contributed by atoms with Gasteiger partial charge in [-0.25, -0.2) is 0 Å². The maximum atomic E-state index is 9.32. The molecule has 1 fully saturated rings. The standard InChI is InChI=1S/C8H15NO/c1-2-8(10)7-3-5-9-6-4-7/h2,7,9-10H,3-6H2,1H3. The fraction of sp³-hybridized carbons (Fsp3) is 0.750. The van der Waals surface area contributed by atoms with Crippen molar-refractivity contribution in [2.45, 2.75) is 19.8 Å². The van der Waals surface area contributed by atoms with Gasteiger partial charge in [0, 0.05) is 5.92 Å². The molecule has 0 aliphatic carbocycles. The summed E-state index contributed by atoms with van der Waals surface area (Å²) in [6.07, 6.45) is 3.96. The predicted molar refractivity (Wildman–Crippen MR) is 42.0 cm³/mol. The molecule has 0 bridgehead atoms. The number of allylic oxidation sites excluding steroid dienone is 2. The van der Waals surface area contributed by atoms with E-state index in [1.165, 1.54) is 0 Å². The lowest BCUT2D eigenvalue weighted by Crippen LogP contribution is -2.28. The minimum atomic E-state index is 0.422. The van der Waals surface area contributed by atoms with E-state index in [4.69, 9.17) is 0 Å². The number of nitrogens with one attached hydrogen (secondary N) is 1. The second-order valence-corrected chi connectivity index (χ2v) is 2.74. The fourth-order valence-electron chi connectivity index (χ4n) is 1.35. The maximum absolute atomic E-state index is 9.32. The van der Waals surface area contributed by atoms with E-state index in [9.17, 15) is 5.11 Å². The Balaban J connectivity index is 2.39. The van der Waals surface area contributed by atoms with Crippen molar-refractivity contribution in [1.82, 2.24) is 5.32 Å². The Morgan fingerprint density at radius 3 is 2.60 bits per heavy atom. The Labute approximate surface area is 61.9 Å². The molecule has 2 nitrogen and oxygen atoms in total. The Bertz CT molecular complexity index is 125. The highest BCUT2D eigenvalue weighted by molar-refractivity contribution is 4.96. The zero-order chi connectivity index (χ0) is 7.40. The lowest BCUT2D eigenvalue weighted by atomic mass is 9.96. The van der Waals surface area contributed by atoms with Gasteiger partial charge in [-0.3, -0.25) is 0 Å². The molecule has 0 aromatic heterocycles. The van der Waals surface area contributed by atoms with Crippen LogP contribution in [0.25, 0.3) is 0 Å². The van der Waals surface area contributed by atoms with Gasteiger partial charge in [0.1, 0.15) is 0 Å². The van der Waals surface area contributed by atoms with Gasteiger partial charge in [-0.05, 0) is 38.9 Å². The summed E-state index contributed by atoms with van der Waals surface area (Å²) >= 11 is 0. The van der Waals surface area contributed by atoms with Gasteiger partial charge in [0.25, 0.3) is 0 Å². The molecule has 10 heavy (non-hydrogen) atoms. The first-order chi connectivity index (χ1) is 4.84. The maximum Gasteiger partial charge on any atom is 0.0911 e. The number of rotatable bonds is 1. The van der Waals surface area contributed by atoms with Crippen molar-refractivity contribution in [2.75, 3.05) is 13.1 Å². The van der Waals surface area contributed by atoms with Gasteiger partial charge in [-0.15, -0.1) is 0 Å². The molecule has 0 spiro atoms. The van der Waals surface area contributed by atoms with Crippen molar-refractivity contribution in [3.63, 3.8) is 0 Å². The van der Waals surface area contributed by atoms with E-state index >= 15 is 0 Å². The third-order valence-electron chi connectivity index (χ3n) is 2.05. The highest BCUT2D eigenvalue weighted by atomic mass is 16.3. The summed E-state index contributed by atoms with van der Waals surface area (Å²) in [5, 5.41) is 12.6. The first kappa shape index (κ1) is 7.61.